The van der Waals surface area contributed by atoms with Gasteiger partial charge >= 0.3 is 11.9 Å². The van der Waals surface area contributed by atoms with E-state index in [2.05, 4.69) is 90.7 Å². The zero-order valence-electron chi connectivity index (χ0n) is 19.8. The molecule has 0 bridgehead atoms. The van der Waals surface area contributed by atoms with E-state index >= 15 is 0 Å². The molecule has 0 radical (unpaired) electrons. The molecule has 1 saturated carbocycles. The van der Waals surface area contributed by atoms with Crippen LogP contribution >= 0.6 is 0 Å². The molecule has 4 rings (SSSR count). The van der Waals surface area contributed by atoms with Crippen LogP contribution in [0.5, 0.6) is 0 Å². The van der Waals surface area contributed by atoms with Crippen molar-refractivity contribution < 1.29 is 19.8 Å². The van der Waals surface area contributed by atoms with Crippen molar-refractivity contribution in [3.63, 3.8) is 0 Å². The third kappa shape index (κ3) is 6.78. The minimum Gasteiger partial charge on any atom is -0.473 e. The molecular weight excluding hydrogens is 430 g/mol. The van der Waals surface area contributed by atoms with Crippen molar-refractivity contribution in [2.75, 3.05) is 27.2 Å². The van der Waals surface area contributed by atoms with E-state index in [1.54, 1.807) is 0 Å². The Kier molecular flexibility index (Phi) is 8.99. The number of carboxylic acid groups (broad SMARTS) is 2. The molecule has 0 spiro atoms. The average molecular weight is 464 g/mol. The second-order valence-electron chi connectivity index (χ2n) is 8.85. The van der Waals surface area contributed by atoms with Crippen molar-refractivity contribution in [1.29, 1.82) is 0 Å². The quantitative estimate of drug-likeness (QED) is 0.617. The van der Waals surface area contributed by atoms with Crippen LogP contribution in [0.4, 0.5) is 0 Å². The summed E-state index contributed by atoms with van der Waals surface area (Å²) in [5, 5.41) is 22.4. The fraction of sp³-hybridized carbons (Fsp3) is 0.370. The molecule has 1 heterocycles. The zero-order chi connectivity index (χ0) is 24.5. The molecule has 2 atom stereocenters. The smallest absolute Gasteiger partial charge is 0.414 e. The second-order valence-corrected chi connectivity index (χ2v) is 8.85. The topological polar surface area (TPSA) is 93.4 Å². The van der Waals surface area contributed by atoms with Gasteiger partial charge in [-0.1, -0.05) is 60.7 Å². The molecule has 0 saturated heterocycles. The summed E-state index contributed by atoms with van der Waals surface area (Å²) in [5.74, 6) is -3.14. The number of hydrogen-bond acceptors (Lipinski definition) is 5. The highest BCUT2D eigenvalue weighted by atomic mass is 16.4. The van der Waals surface area contributed by atoms with Crippen LogP contribution in [-0.4, -0.2) is 65.0 Å². The Morgan fingerprint density at radius 2 is 1.65 bits per heavy atom. The lowest BCUT2D eigenvalue weighted by molar-refractivity contribution is -0.159. The summed E-state index contributed by atoms with van der Waals surface area (Å²) < 4.78 is 0. The van der Waals surface area contributed by atoms with Crippen LogP contribution in [0, 0.1) is 5.92 Å². The van der Waals surface area contributed by atoms with Gasteiger partial charge in [-0.25, -0.2) is 9.59 Å². The molecule has 7 heteroatoms. The van der Waals surface area contributed by atoms with E-state index in [-0.39, 0.29) is 0 Å². The summed E-state index contributed by atoms with van der Waals surface area (Å²) >= 11 is 0. The number of carbonyl (C=O) groups is 2. The van der Waals surface area contributed by atoms with Crippen LogP contribution in [-0.2, 0) is 9.59 Å². The van der Waals surface area contributed by atoms with E-state index in [9.17, 15) is 0 Å². The second kappa shape index (κ2) is 12.1. The maximum absolute atomic E-state index is 9.10. The lowest BCUT2D eigenvalue weighted by atomic mass is 9.77. The van der Waals surface area contributed by atoms with Crippen LogP contribution in [0.1, 0.15) is 42.9 Å². The van der Waals surface area contributed by atoms with E-state index in [1.807, 2.05) is 0 Å². The van der Waals surface area contributed by atoms with Gasteiger partial charge in [0.2, 0.25) is 0 Å². The van der Waals surface area contributed by atoms with Crippen molar-refractivity contribution in [2.24, 2.45) is 11.0 Å². The average Bonchev–Trinajstić information content (AvgIpc) is 3.20. The predicted molar refractivity (Wildman–Crippen MR) is 134 cm³/mol. The summed E-state index contributed by atoms with van der Waals surface area (Å²) in [4.78, 5) is 20.5. The first-order valence-corrected chi connectivity index (χ1v) is 11.6. The van der Waals surface area contributed by atoms with Crippen LogP contribution in [0.25, 0.3) is 6.08 Å². The molecule has 0 amide bonds. The normalized spacial score (nSPS) is 20.4. The van der Waals surface area contributed by atoms with Crippen molar-refractivity contribution in [3.8, 4) is 0 Å². The first-order chi connectivity index (χ1) is 16.4. The summed E-state index contributed by atoms with van der Waals surface area (Å²) in [6, 6.07) is 22.0. The molecule has 2 aromatic carbocycles. The number of hydrazone groups is 1. The lowest BCUT2D eigenvalue weighted by Gasteiger charge is -2.31. The molecule has 1 fully saturated rings. The van der Waals surface area contributed by atoms with Gasteiger partial charge < -0.3 is 15.1 Å². The molecule has 7 nitrogen and oxygen atoms in total. The number of benzene rings is 2. The van der Waals surface area contributed by atoms with Gasteiger partial charge in [0.05, 0.1) is 11.8 Å². The minimum absolute atomic E-state index is 0.373. The largest absolute Gasteiger partial charge is 0.473 e. The Bertz CT molecular complexity index is 1010. The summed E-state index contributed by atoms with van der Waals surface area (Å²) in [5.41, 5.74) is 5.44. The maximum Gasteiger partial charge on any atom is 0.414 e. The summed E-state index contributed by atoms with van der Waals surface area (Å²) in [6.07, 6.45) is 7.11. The van der Waals surface area contributed by atoms with Crippen LogP contribution < -0.4 is 0 Å². The van der Waals surface area contributed by atoms with Gasteiger partial charge in [-0.15, -0.1) is 0 Å². The fourth-order valence-electron chi connectivity index (χ4n) is 4.56. The predicted octanol–water partition coefficient (Wildman–Crippen LogP) is 4.39. The molecule has 180 valence electrons. The molecule has 2 N–H and O–H groups in total. The highest BCUT2D eigenvalue weighted by Gasteiger charge is 2.40. The summed E-state index contributed by atoms with van der Waals surface area (Å²) in [7, 11) is 4.29. The number of rotatable bonds is 6. The van der Waals surface area contributed by atoms with Crippen molar-refractivity contribution in [1.82, 2.24) is 9.91 Å². The van der Waals surface area contributed by atoms with Crippen molar-refractivity contribution in [2.45, 2.75) is 31.7 Å². The lowest BCUT2D eigenvalue weighted by Crippen LogP contribution is -2.29. The van der Waals surface area contributed by atoms with Gasteiger partial charge in [0.1, 0.15) is 0 Å². The number of aliphatic carboxylic acids is 2. The Morgan fingerprint density at radius 3 is 2.24 bits per heavy atom. The molecule has 1 aliphatic heterocycles. The van der Waals surface area contributed by atoms with Crippen LogP contribution in [0.2, 0.25) is 0 Å². The summed E-state index contributed by atoms with van der Waals surface area (Å²) in [6.45, 7) is 2.11. The molecule has 0 aromatic heterocycles. The Hall–Kier alpha value is -3.45. The highest BCUT2D eigenvalue weighted by Crippen LogP contribution is 2.44. The Labute approximate surface area is 201 Å². The first kappa shape index (κ1) is 25.2. The van der Waals surface area contributed by atoms with Crippen LogP contribution in [0.15, 0.2) is 71.3 Å². The highest BCUT2D eigenvalue weighted by molar-refractivity contribution is 6.27. The fourth-order valence-corrected chi connectivity index (χ4v) is 4.56. The van der Waals surface area contributed by atoms with E-state index in [4.69, 9.17) is 24.9 Å². The number of allylic oxidation sites excluding steroid dienone is 1. The SMILES string of the molecule is CN(C)CCCN1N=C2C(=Cc3ccccc3)CCCC2C1c1ccccc1.O=C(O)C(=O)O. The van der Waals surface area contributed by atoms with E-state index in [1.165, 1.54) is 35.3 Å². The molecule has 2 aliphatic rings. The van der Waals surface area contributed by atoms with E-state index < -0.39 is 11.9 Å². The minimum atomic E-state index is -1.82. The molecule has 2 unspecified atom stereocenters. The number of hydrogen-bond donors (Lipinski definition) is 2. The van der Waals surface area contributed by atoms with Crippen molar-refractivity contribution >= 4 is 23.7 Å². The van der Waals surface area contributed by atoms with Gasteiger partial charge in [0.15, 0.2) is 0 Å². The monoisotopic (exact) mass is 463 g/mol. The maximum atomic E-state index is 9.10. The van der Waals surface area contributed by atoms with Gasteiger partial charge in [0, 0.05) is 12.5 Å². The third-order valence-electron chi connectivity index (χ3n) is 6.04. The zero-order valence-corrected chi connectivity index (χ0v) is 19.8. The molecule has 1 aliphatic carbocycles. The van der Waals surface area contributed by atoms with Crippen LogP contribution in [0.3, 0.4) is 0 Å². The van der Waals surface area contributed by atoms with Crippen molar-refractivity contribution in [3.05, 3.63) is 77.4 Å². The van der Waals surface area contributed by atoms with Gasteiger partial charge in [-0.05, 0) is 69.1 Å². The number of carboxylic acids is 2. The molecule has 2 aromatic rings. The number of nitrogens with zero attached hydrogens (tertiary/aromatic N) is 3. The Morgan fingerprint density at radius 1 is 1.03 bits per heavy atom. The standard InChI is InChI=1S/C25H31N3.C2H2O4/c1-27(2)17-10-18-28-25(21-13-7-4-8-14-21)23-16-9-15-22(24(23)26-28)19-20-11-5-3-6-12-20;3-1(4)2(5)6/h3-8,11-14,19,23,25H,9-10,15-18H2,1-2H3;(H,3,4)(H,5,6). The van der Waals surface area contributed by atoms with E-state index in [0.717, 1.165) is 25.9 Å². The third-order valence-corrected chi connectivity index (χ3v) is 6.04. The van der Waals surface area contributed by atoms with Gasteiger partial charge in [0.25, 0.3) is 0 Å². The molecular formula is C27H33N3O4. The van der Waals surface area contributed by atoms with Gasteiger partial charge in [-0.3, -0.25) is 5.01 Å². The Balaban J connectivity index is 0.000000481. The number of fused-ring (bicyclic) bond motifs is 1. The first-order valence-electron chi connectivity index (χ1n) is 11.6. The van der Waals surface area contributed by atoms with E-state index in [0.29, 0.717) is 12.0 Å². The molecule has 34 heavy (non-hydrogen) atoms. The van der Waals surface area contributed by atoms with Gasteiger partial charge in [-0.2, -0.15) is 5.10 Å².